The molecule has 0 aromatic rings. The maximum Gasteiger partial charge on any atom is 0.0281 e. The van der Waals surface area contributed by atoms with Crippen LogP contribution in [-0.2, 0) is 0 Å². The number of rotatable bonds is 2. The van der Waals surface area contributed by atoms with E-state index >= 15 is 0 Å². The topological polar surface area (TPSA) is 3.24 Å². The predicted octanol–water partition coefficient (Wildman–Crippen LogP) is 2.21. The lowest BCUT2D eigenvalue weighted by Gasteiger charge is -2.22. The van der Waals surface area contributed by atoms with Crippen molar-refractivity contribution in [2.45, 2.75) is 26.3 Å². The van der Waals surface area contributed by atoms with Crippen LogP contribution in [-0.4, -0.2) is 25.0 Å². The van der Waals surface area contributed by atoms with Crippen LogP contribution in [0.5, 0.6) is 0 Å². The van der Waals surface area contributed by atoms with Gasteiger partial charge in [-0.2, -0.15) is 0 Å². The SMILES string of the molecule is CC1=C(C(C)N(C)C)CC=C1. The van der Waals surface area contributed by atoms with E-state index in [1.807, 2.05) is 0 Å². The highest BCUT2D eigenvalue weighted by Crippen LogP contribution is 2.23. The molecule has 0 N–H and O–H groups in total. The molecule has 1 atom stereocenters. The van der Waals surface area contributed by atoms with Gasteiger partial charge in [0.05, 0.1) is 0 Å². The lowest BCUT2D eigenvalue weighted by molar-refractivity contribution is 0.347. The zero-order chi connectivity index (χ0) is 8.43. The Morgan fingerprint density at radius 2 is 2.09 bits per heavy atom. The number of nitrogens with zero attached hydrogens (tertiary/aromatic N) is 1. The van der Waals surface area contributed by atoms with Crippen molar-refractivity contribution >= 4 is 0 Å². The van der Waals surface area contributed by atoms with E-state index in [9.17, 15) is 0 Å². The van der Waals surface area contributed by atoms with E-state index in [2.05, 4.69) is 45.0 Å². The fraction of sp³-hybridized carbons (Fsp3) is 0.600. The third-order valence-corrected chi connectivity index (χ3v) is 2.49. The molecule has 0 aromatic heterocycles. The third kappa shape index (κ3) is 1.72. The fourth-order valence-corrected chi connectivity index (χ4v) is 1.44. The molecular weight excluding hydrogens is 134 g/mol. The molecule has 1 rings (SSSR count). The Labute approximate surface area is 69.4 Å². The summed E-state index contributed by atoms with van der Waals surface area (Å²) >= 11 is 0. The van der Waals surface area contributed by atoms with Crippen LogP contribution < -0.4 is 0 Å². The van der Waals surface area contributed by atoms with Crippen LogP contribution in [0.1, 0.15) is 20.3 Å². The van der Waals surface area contributed by atoms with Gasteiger partial charge in [-0.1, -0.05) is 17.7 Å². The fourth-order valence-electron chi connectivity index (χ4n) is 1.44. The Kier molecular flexibility index (Phi) is 2.50. The first-order valence-electron chi connectivity index (χ1n) is 4.15. The van der Waals surface area contributed by atoms with Crippen LogP contribution >= 0.6 is 0 Å². The second-order valence-electron chi connectivity index (χ2n) is 3.45. The van der Waals surface area contributed by atoms with E-state index in [0.29, 0.717) is 6.04 Å². The van der Waals surface area contributed by atoms with E-state index in [1.165, 1.54) is 5.57 Å². The Morgan fingerprint density at radius 3 is 2.45 bits per heavy atom. The first-order chi connectivity index (χ1) is 5.13. The van der Waals surface area contributed by atoms with Crippen molar-refractivity contribution in [3.63, 3.8) is 0 Å². The highest BCUT2D eigenvalue weighted by atomic mass is 15.1. The van der Waals surface area contributed by atoms with E-state index in [-0.39, 0.29) is 0 Å². The molecular formula is C10H17N. The predicted molar refractivity (Wildman–Crippen MR) is 49.6 cm³/mol. The Hall–Kier alpha value is -0.560. The van der Waals surface area contributed by atoms with E-state index < -0.39 is 0 Å². The van der Waals surface area contributed by atoms with Gasteiger partial charge in [-0.3, -0.25) is 0 Å². The highest BCUT2D eigenvalue weighted by molar-refractivity contribution is 5.34. The van der Waals surface area contributed by atoms with Gasteiger partial charge in [0.15, 0.2) is 0 Å². The van der Waals surface area contributed by atoms with Gasteiger partial charge < -0.3 is 4.90 Å². The van der Waals surface area contributed by atoms with Crippen LogP contribution in [0.25, 0.3) is 0 Å². The molecule has 1 nitrogen and oxygen atoms in total. The average Bonchev–Trinajstić information content (AvgIpc) is 2.33. The average molecular weight is 151 g/mol. The minimum Gasteiger partial charge on any atom is -0.303 e. The molecule has 1 aliphatic carbocycles. The van der Waals surface area contributed by atoms with Gasteiger partial charge >= 0.3 is 0 Å². The van der Waals surface area contributed by atoms with Crippen molar-refractivity contribution in [2.24, 2.45) is 0 Å². The minimum atomic E-state index is 0.588. The molecule has 0 bridgehead atoms. The monoisotopic (exact) mass is 151 g/mol. The van der Waals surface area contributed by atoms with E-state index in [1.54, 1.807) is 5.57 Å². The lowest BCUT2D eigenvalue weighted by Crippen LogP contribution is -2.26. The van der Waals surface area contributed by atoms with E-state index in [4.69, 9.17) is 0 Å². The summed E-state index contributed by atoms with van der Waals surface area (Å²) in [6.07, 6.45) is 5.60. The number of hydrogen-bond donors (Lipinski definition) is 0. The zero-order valence-corrected chi connectivity index (χ0v) is 7.89. The summed E-state index contributed by atoms with van der Waals surface area (Å²) in [6.45, 7) is 4.45. The van der Waals surface area contributed by atoms with Crippen LogP contribution in [0, 0.1) is 0 Å². The quantitative estimate of drug-likeness (QED) is 0.585. The standard InChI is InChI=1S/C10H17N/c1-8-6-5-7-10(8)9(2)11(3)4/h5-6,9H,7H2,1-4H3. The molecule has 0 aliphatic heterocycles. The molecule has 1 aliphatic rings. The van der Waals surface area contributed by atoms with Gasteiger partial charge in [-0.25, -0.2) is 0 Å². The number of likely N-dealkylation sites (N-methyl/N-ethyl adjacent to an activating group) is 1. The largest absolute Gasteiger partial charge is 0.303 e. The molecule has 11 heavy (non-hydrogen) atoms. The second kappa shape index (κ2) is 3.22. The normalized spacial score (nSPS) is 20.1. The van der Waals surface area contributed by atoms with Gasteiger partial charge in [0.25, 0.3) is 0 Å². The number of allylic oxidation sites excluding steroid dienone is 3. The Balaban J connectivity index is 2.69. The summed E-state index contributed by atoms with van der Waals surface area (Å²) in [7, 11) is 4.26. The summed E-state index contributed by atoms with van der Waals surface area (Å²) in [4.78, 5) is 2.26. The van der Waals surface area contributed by atoms with Crippen LogP contribution in [0.3, 0.4) is 0 Å². The van der Waals surface area contributed by atoms with Crippen molar-refractivity contribution in [2.75, 3.05) is 14.1 Å². The van der Waals surface area contributed by atoms with Crippen LogP contribution in [0.4, 0.5) is 0 Å². The Bertz CT molecular complexity index is 199. The smallest absolute Gasteiger partial charge is 0.0281 e. The summed E-state index contributed by atoms with van der Waals surface area (Å²) in [6, 6.07) is 0.588. The van der Waals surface area contributed by atoms with Crippen LogP contribution in [0.15, 0.2) is 23.3 Å². The summed E-state index contributed by atoms with van der Waals surface area (Å²) < 4.78 is 0. The van der Waals surface area contributed by atoms with Crippen LogP contribution in [0.2, 0.25) is 0 Å². The molecule has 0 spiro atoms. The number of hydrogen-bond acceptors (Lipinski definition) is 1. The van der Waals surface area contributed by atoms with Gasteiger partial charge in [0, 0.05) is 6.04 Å². The third-order valence-electron chi connectivity index (χ3n) is 2.49. The molecule has 0 saturated carbocycles. The second-order valence-corrected chi connectivity index (χ2v) is 3.45. The van der Waals surface area contributed by atoms with Crippen molar-refractivity contribution < 1.29 is 0 Å². The molecule has 0 amide bonds. The molecule has 1 unspecified atom stereocenters. The van der Waals surface area contributed by atoms with Gasteiger partial charge in [-0.05, 0) is 39.9 Å². The first-order valence-corrected chi connectivity index (χ1v) is 4.15. The van der Waals surface area contributed by atoms with Crippen molar-refractivity contribution in [1.29, 1.82) is 0 Å². The zero-order valence-electron chi connectivity index (χ0n) is 7.89. The molecule has 0 aromatic carbocycles. The molecule has 62 valence electrons. The van der Waals surface area contributed by atoms with Crippen molar-refractivity contribution in [3.05, 3.63) is 23.3 Å². The maximum atomic E-state index is 2.26. The summed E-state index contributed by atoms with van der Waals surface area (Å²) in [5, 5.41) is 0. The van der Waals surface area contributed by atoms with Gasteiger partial charge in [0.2, 0.25) is 0 Å². The van der Waals surface area contributed by atoms with Crippen molar-refractivity contribution in [1.82, 2.24) is 4.90 Å². The summed E-state index contributed by atoms with van der Waals surface area (Å²) in [5.74, 6) is 0. The Morgan fingerprint density at radius 1 is 1.45 bits per heavy atom. The van der Waals surface area contributed by atoms with Gasteiger partial charge in [0.1, 0.15) is 0 Å². The van der Waals surface area contributed by atoms with E-state index in [0.717, 1.165) is 6.42 Å². The summed E-state index contributed by atoms with van der Waals surface area (Å²) in [5.41, 5.74) is 3.02. The molecule has 1 heteroatoms. The lowest BCUT2D eigenvalue weighted by atomic mass is 10.0. The van der Waals surface area contributed by atoms with Gasteiger partial charge in [-0.15, -0.1) is 0 Å². The molecule has 0 radical (unpaired) electrons. The molecule has 0 heterocycles. The highest BCUT2D eigenvalue weighted by Gasteiger charge is 2.14. The first kappa shape index (κ1) is 8.54. The molecule has 0 fully saturated rings. The molecule has 0 saturated heterocycles. The minimum absolute atomic E-state index is 0.588. The van der Waals surface area contributed by atoms with Crippen molar-refractivity contribution in [3.8, 4) is 0 Å². The maximum absolute atomic E-state index is 2.26.